The first kappa shape index (κ1) is 31.1. The first-order valence-electron chi connectivity index (χ1n) is 16.4. The van der Waals surface area contributed by atoms with Crippen LogP contribution in [-0.2, 0) is 28.5 Å². The molecule has 5 aromatic rings. The molecule has 5 heterocycles. The summed E-state index contributed by atoms with van der Waals surface area (Å²) >= 11 is 13.1. The summed E-state index contributed by atoms with van der Waals surface area (Å²) in [4.78, 5) is 25.3. The number of amides is 1. The number of hydrogen-bond donors (Lipinski definition) is 1. The van der Waals surface area contributed by atoms with Gasteiger partial charge in [-0.25, -0.2) is 19.4 Å². The quantitative estimate of drug-likeness (QED) is 0.196. The Morgan fingerprint density at radius 1 is 1.08 bits per heavy atom. The molecule has 8 rings (SSSR count). The van der Waals surface area contributed by atoms with Crippen molar-refractivity contribution in [3.63, 3.8) is 0 Å². The number of nitrogens with one attached hydrogen (secondary N) is 1. The number of piperidine rings is 1. The minimum atomic E-state index is -0.425. The highest BCUT2D eigenvalue weighted by Crippen LogP contribution is 2.63. The fraction of sp³-hybridized carbons (Fsp3) is 0.400. The number of alkyl carbamates (subject to hydrolysis) is 1. The first-order valence-corrected chi connectivity index (χ1v) is 17.2. The van der Waals surface area contributed by atoms with Crippen LogP contribution in [0.5, 0.6) is 0 Å². The molecular weight excluding hydrogens is 651 g/mol. The van der Waals surface area contributed by atoms with E-state index in [2.05, 4.69) is 21.4 Å². The number of carbonyl (C=O) groups excluding carboxylic acids is 1. The molecule has 2 aromatic carbocycles. The standard InChI is InChI=1S/C35H36Cl2N8O3/c1-43-27(13-15-40-43)35(21-39-34(46)48-20-22-8-3-2-4-9-22)24-14-16-44(19-25(24)35)28-18-38-32-31(23-10-7-11-26(36)30(23)37)42-45(33(32)41-28)29-12-5-6-17-47-29/h2-4,7-11,13,15,18,24-25,29H,5-6,12,14,16-17,19-21H2,1H3,(H,39,46). The largest absolute Gasteiger partial charge is 0.445 e. The second kappa shape index (κ2) is 12.7. The zero-order valence-electron chi connectivity index (χ0n) is 26.6. The van der Waals surface area contributed by atoms with Crippen molar-refractivity contribution in [2.24, 2.45) is 18.9 Å². The van der Waals surface area contributed by atoms with Gasteiger partial charge >= 0.3 is 6.09 Å². The number of nitrogens with zero attached hydrogens (tertiary/aromatic N) is 7. The maximum absolute atomic E-state index is 12.8. The van der Waals surface area contributed by atoms with Crippen LogP contribution in [-0.4, -0.2) is 61.9 Å². The van der Waals surface area contributed by atoms with Crippen LogP contribution in [0, 0.1) is 11.8 Å². The lowest BCUT2D eigenvalue weighted by molar-refractivity contribution is -0.0368. The summed E-state index contributed by atoms with van der Waals surface area (Å²) in [7, 11) is 1.96. The normalized spacial score (nSPS) is 23.6. The molecule has 3 fully saturated rings. The van der Waals surface area contributed by atoms with E-state index in [1.165, 1.54) is 0 Å². The minimum absolute atomic E-state index is 0.223. The van der Waals surface area contributed by atoms with Crippen molar-refractivity contribution >= 4 is 46.3 Å². The van der Waals surface area contributed by atoms with Gasteiger partial charge in [0.25, 0.3) is 0 Å². The van der Waals surface area contributed by atoms with Crippen molar-refractivity contribution in [2.75, 3.05) is 31.1 Å². The van der Waals surface area contributed by atoms with Gasteiger partial charge in [0.2, 0.25) is 0 Å². The Morgan fingerprint density at radius 2 is 1.96 bits per heavy atom. The number of carbonyl (C=O) groups is 1. The Bertz CT molecular complexity index is 1960. The van der Waals surface area contributed by atoms with Crippen molar-refractivity contribution < 1.29 is 14.3 Å². The molecule has 48 heavy (non-hydrogen) atoms. The van der Waals surface area contributed by atoms with Crippen molar-refractivity contribution in [1.82, 2.24) is 34.8 Å². The molecule has 13 heteroatoms. The Morgan fingerprint density at radius 3 is 2.75 bits per heavy atom. The number of rotatable bonds is 8. The highest BCUT2D eigenvalue weighted by Gasteiger charge is 2.67. The second-order valence-electron chi connectivity index (χ2n) is 12.9. The number of aromatic nitrogens is 6. The summed E-state index contributed by atoms with van der Waals surface area (Å²) in [5, 5.41) is 13.4. The minimum Gasteiger partial charge on any atom is -0.445 e. The lowest BCUT2D eigenvalue weighted by atomic mass is 9.96. The van der Waals surface area contributed by atoms with Gasteiger partial charge in [-0.1, -0.05) is 65.7 Å². The average molecular weight is 688 g/mol. The van der Waals surface area contributed by atoms with E-state index in [1.807, 2.05) is 71.3 Å². The summed E-state index contributed by atoms with van der Waals surface area (Å²) < 4.78 is 15.5. The predicted octanol–water partition coefficient (Wildman–Crippen LogP) is 6.55. The Labute approximate surface area is 288 Å². The van der Waals surface area contributed by atoms with Crippen molar-refractivity contribution in [3.05, 3.63) is 88.3 Å². The number of halogens is 2. The van der Waals surface area contributed by atoms with E-state index in [0.29, 0.717) is 51.5 Å². The van der Waals surface area contributed by atoms with Crippen molar-refractivity contribution in [2.45, 2.75) is 43.9 Å². The lowest BCUT2D eigenvalue weighted by Crippen LogP contribution is -2.36. The molecule has 0 bridgehead atoms. The van der Waals surface area contributed by atoms with Gasteiger partial charge in [-0.3, -0.25) is 4.68 Å². The van der Waals surface area contributed by atoms with Gasteiger partial charge in [-0.2, -0.15) is 10.2 Å². The summed E-state index contributed by atoms with van der Waals surface area (Å²) in [5.74, 6) is 1.44. The fourth-order valence-corrected chi connectivity index (χ4v) is 8.17. The molecule has 3 aromatic heterocycles. The van der Waals surface area contributed by atoms with Gasteiger partial charge in [0, 0.05) is 56.2 Å². The third-order valence-electron chi connectivity index (χ3n) is 10.2. The number of anilines is 1. The molecule has 3 aliphatic rings. The zero-order chi connectivity index (χ0) is 32.8. The number of benzene rings is 2. The third-order valence-corrected chi connectivity index (χ3v) is 11.0. The molecule has 1 aliphatic carbocycles. The number of aryl methyl sites for hydroxylation is 1. The van der Waals surface area contributed by atoms with Crippen LogP contribution in [0.4, 0.5) is 10.6 Å². The Balaban J connectivity index is 1.07. The van der Waals surface area contributed by atoms with Gasteiger partial charge < -0.3 is 19.7 Å². The summed E-state index contributed by atoms with van der Waals surface area (Å²) in [6.45, 7) is 2.92. The third kappa shape index (κ3) is 5.47. The monoisotopic (exact) mass is 686 g/mol. The van der Waals surface area contributed by atoms with Gasteiger partial charge in [-0.05, 0) is 55.2 Å². The van der Waals surface area contributed by atoms with Gasteiger partial charge in [0.15, 0.2) is 11.9 Å². The second-order valence-corrected chi connectivity index (χ2v) is 13.6. The maximum atomic E-state index is 12.8. The van der Waals surface area contributed by atoms with Crippen LogP contribution in [0.15, 0.2) is 67.0 Å². The average Bonchev–Trinajstić information content (AvgIpc) is 3.34. The molecule has 2 saturated heterocycles. The summed E-state index contributed by atoms with van der Waals surface area (Å²) in [5.41, 5.74) is 4.44. The molecule has 248 valence electrons. The number of hydrogen-bond acceptors (Lipinski definition) is 8. The Kier molecular flexibility index (Phi) is 8.22. The lowest BCUT2D eigenvalue weighted by Gasteiger charge is -2.27. The molecule has 4 atom stereocenters. The molecule has 0 radical (unpaired) electrons. The van der Waals surface area contributed by atoms with E-state index < -0.39 is 6.09 Å². The van der Waals surface area contributed by atoms with E-state index in [0.717, 1.165) is 55.8 Å². The molecule has 0 spiro atoms. The SMILES string of the molecule is Cn1nccc1C1(CNC(=O)OCc2ccccc2)C2CCN(c3cnc4c(-c5cccc(Cl)c5Cl)nn(C5CCCCO5)c4n3)CC21. The number of ether oxygens (including phenoxy) is 2. The van der Waals surface area contributed by atoms with Crippen LogP contribution in [0.3, 0.4) is 0 Å². The topological polar surface area (TPSA) is 112 Å². The molecular formula is C35H36Cl2N8O3. The van der Waals surface area contributed by atoms with E-state index >= 15 is 0 Å². The van der Waals surface area contributed by atoms with Gasteiger partial charge in [0.1, 0.15) is 23.6 Å². The first-order chi connectivity index (χ1) is 23.4. The zero-order valence-corrected chi connectivity index (χ0v) is 28.1. The predicted molar refractivity (Wildman–Crippen MR) is 183 cm³/mol. The molecule has 1 amide bonds. The van der Waals surface area contributed by atoms with E-state index in [9.17, 15) is 4.79 Å². The van der Waals surface area contributed by atoms with Crippen LogP contribution in [0.25, 0.3) is 22.4 Å². The number of fused-ring (bicyclic) bond motifs is 2. The summed E-state index contributed by atoms with van der Waals surface area (Å²) in [6.07, 6.45) is 6.83. The highest BCUT2D eigenvalue weighted by atomic mass is 35.5. The smallest absolute Gasteiger partial charge is 0.407 e. The summed E-state index contributed by atoms with van der Waals surface area (Å²) in [6, 6.07) is 17.3. The Hall–Kier alpha value is -4.19. The van der Waals surface area contributed by atoms with Crippen LogP contribution in [0.2, 0.25) is 10.0 Å². The van der Waals surface area contributed by atoms with E-state index in [4.69, 9.17) is 47.7 Å². The van der Waals surface area contributed by atoms with E-state index in [1.54, 1.807) is 6.07 Å². The van der Waals surface area contributed by atoms with E-state index in [-0.39, 0.29) is 24.2 Å². The maximum Gasteiger partial charge on any atom is 0.407 e. The molecule has 1 N–H and O–H groups in total. The van der Waals surface area contributed by atoms with Crippen LogP contribution >= 0.6 is 23.2 Å². The molecule has 1 saturated carbocycles. The molecule has 11 nitrogen and oxygen atoms in total. The fourth-order valence-electron chi connectivity index (χ4n) is 7.78. The van der Waals surface area contributed by atoms with Gasteiger partial charge in [0.05, 0.1) is 16.2 Å². The van der Waals surface area contributed by atoms with Crippen molar-refractivity contribution in [1.29, 1.82) is 0 Å². The van der Waals surface area contributed by atoms with Gasteiger partial charge in [-0.15, -0.1) is 0 Å². The molecule has 4 unspecified atom stereocenters. The van der Waals surface area contributed by atoms with Crippen LogP contribution < -0.4 is 10.2 Å². The highest BCUT2D eigenvalue weighted by molar-refractivity contribution is 6.43. The van der Waals surface area contributed by atoms with Crippen molar-refractivity contribution in [3.8, 4) is 11.3 Å². The molecule has 2 aliphatic heterocycles. The van der Waals surface area contributed by atoms with Crippen LogP contribution in [0.1, 0.15) is 43.2 Å².